The van der Waals surface area contributed by atoms with E-state index in [1.807, 2.05) is 24.3 Å². The molecule has 0 aliphatic heterocycles. The number of hydrogen-bond donors (Lipinski definition) is 3. The van der Waals surface area contributed by atoms with Crippen LogP contribution in [0.4, 0.5) is 5.13 Å². The van der Waals surface area contributed by atoms with Crippen molar-refractivity contribution >= 4 is 37.0 Å². The van der Waals surface area contributed by atoms with Crippen LogP contribution in [-0.4, -0.2) is 27.9 Å². The summed E-state index contributed by atoms with van der Waals surface area (Å²) in [7, 11) is -0.603. The number of amides is 1. The summed E-state index contributed by atoms with van der Waals surface area (Å²) < 4.78 is 17.0. The van der Waals surface area contributed by atoms with Crippen LogP contribution in [0.25, 0.3) is 0 Å². The van der Waals surface area contributed by atoms with Crippen molar-refractivity contribution in [1.29, 1.82) is 0 Å². The van der Waals surface area contributed by atoms with E-state index < -0.39 is 26.3 Å². The number of hydrazine groups is 1. The summed E-state index contributed by atoms with van der Waals surface area (Å²) in [5.41, 5.74) is 1.74. The third-order valence-electron chi connectivity index (χ3n) is 4.41. The molecule has 0 bridgehead atoms. The molecule has 0 fully saturated rings. The van der Waals surface area contributed by atoms with Crippen LogP contribution >= 0.6 is 19.9 Å². The molecule has 1 heterocycles. The van der Waals surface area contributed by atoms with Crippen molar-refractivity contribution in [2.75, 3.05) is 5.01 Å². The van der Waals surface area contributed by atoms with Crippen LogP contribution in [0.3, 0.4) is 0 Å². The van der Waals surface area contributed by atoms with Crippen molar-refractivity contribution in [3.63, 3.8) is 0 Å². The molecule has 1 amide bonds. The molecule has 166 valence electrons. The molecular formula is C21H21N3O6PS+. The number of carbonyl (C=O) groups is 2. The average Bonchev–Trinajstić information content (AvgIpc) is 3.24. The van der Waals surface area contributed by atoms with Gasteiger partial charge in [0.1, 0.15) is 12.1 Å². The van der Waals surface area contributed by atoms with E-state index in [0.717, 1.165) is 21.9 Å². The Morgan fingerprint density at radius 1 is 1.09 bits per heavy atom. The minimum atomic E-state index is -2.31. The topological polar surface area (TPSA) is 130 Å². The predicted molar refractivity (Wildman–Crippen MR) is 117 cm³/mol. The van der Waals surface area contributed by atoms with Gasteiger partial charge >= 0.3 is 17.0 Å². The molecule has 0 spiro atoms. The Morgan fingerprint density at radius 2 is 1.72 bits per heavy atom. The van der Waals surface area contributed by atoms with Crippen LogP contribution < -0.4 is 15.2 Å². The maximum atomic E-state index is 13.4. The molecule has 1 aromatic heterocycles. The fourth-order valence-corrected chi connectivity index (χ4v) is 4.08. The van der Waals surface area contributed by atoms with E-state index in [2.05, 4.69) is 10.2 Å². The molecule has 0 aliphatic rings. The highest BCUT2D eigenvalue weighted by molar-refractivity contribution is 7.21. The van der Waals surface area contributed by atoms with Crippen molar-refractivity contribution in [3.8, 4) is 0 Å². The number of ether oxygens (including phenoxy) is 1. The van der Waals surface area contributed by atoms with Gasteiger partial charge in [-0.1, -0.05) is 82.2 Å². The van der Waals surface area contributed by atoms with E-state index in [4.69, 9.17) is 9.84 Å². The van der Waals surface area contributed by atoms with Crippen molar-refractivity contribution in [1.82, 2.24) is 5.20 Å². The summed E-state index contributed by atoms with van der Waals surface area (Å²) in [4.78, 5) is 27.2. The number of carboxylic acid groups (broad SMARTS) is 1. The zero-order chi connectivity index (χ0) is 23.0. The zero-order valence-corrected chi connectivity index (χ0v) is 18.5. The highest BCUT2D eigenvalue weighted by atomic mass is 32.1. The number of carbonyl (C=O) groups excluding carboxylic acids is 1. The van der Waals surface area contributed by atoms with Crippen LogP contribution in [0, 0.1) is 0 Å². The third kappa shape index (κ3) is 6.25. The lowest BCUT2D eigenvalue weighted by molar-refractivity contribution is -0.369. The zero-order valence-electron chi connectivity index (χ0n) is 16.8. The number of nitrogens with one attached hydrogen (secondary N) is 2. The van der Waals surface area contributed by atoms with E-state index in [-0.39, 0.29) is 24.6 Å². The smallest absolute Gasteiger partial charge is 0.389 e. The van der Waals surface area contributed by atoms with Gasteiger partial charge in [0.15, 0.2) is 0 Å². The first kappa shape index (κ1) is 23.6. The molecule has 0 saturated carbocycles. The number of aliphatic hydroxyl groups is 1. The Balaban J connectivity index is 1.90. The molecule has 1 atom stereocenters. The molecule has 0 saturated heterocycles. The highest BCUT2D eigenvalue weighted by Crippen LogP contribution is 2.25. The van der Waals surface area contributed by atoms with E-state index in [9.17, 15) is 19.3 Å². The summed E-state index contributed by atoms with van der Waals surface area (Å²) >= 11 is 1.02. The van der Waals surface area contributed by atoms with Gasteiger partial charge in [0.2, 0.25) is 0 Å². The summed E-state index contributed by atoms with van der Waals surface area (Å²) in [5.74, 6) is -4.27. The van der Waals surface area contributed by atoms with Gasteiger partial charge in [-0.2, -0.15) is 0 Å². The van der Waals surface area contributed by atoms with Crippen molar-refractivity contribution < 1.29 is 34.1 Å². The molecular weight excluding hydrogens is 453 g/mol. The molecule has 9 nitrogen and oxygen atoms in total. The SMILES string of the molecule is O=PNN(C(=O)C(O)(Cc1ccccc1)OCc1ccccc1)c1[nH+]c(CC(=O)O)cs1. The summed E-state index contributed by atoms with van der Waals surface area (Å²) in [6.07, 6.45) is -0.451. The van der Waals surface area contributed by atoms with Crippen molar-refractivity contribution in [3.05, 3.63) is 82.9 Å². The quantitative estimate of drug-likeness (QED) is 0.221. The lowest BCUT2D eigenvalue weighted by Gasteiger charge is -2.27. The Bertz CT molecular complexity index is 1070. The Morgan fingerprint density at radius 3 is 2.31 bits per heavy atom. The highest BCUT2D eigenvalue weighted by Gasteiger charge is 2.47. The second-order valence-corrected chi connectivity index (χ2v) is 8.06. The summed E-state index contributed by atoms with van der Waals surface area (Å²) in [6.45, 7) is -0.0444. The van der Waals surface area contributed by atoms with Crippen LogP contribution in [0.2, 0.25) is 0 Å². The third-order valence-corrected chi connectivity index (χ3v) is 5.60. The lowest BCUT2D eigenvalue weighted by atomic mass is 10.0. The normalized spacial score (nSPS) is 12.9. The largest absolute Gasteiger partial charge is 0.481 e. The van der Waals surface area contributed by atoms with Gasteiger partial charge < -0.3 is 14.9 Å². The Labute approximate surface area is 189 Å². The number of anilines is 1. The van der Waals surface area contributed by atoms with E-state index >= 15 is 0 Å². The van der Waals surface area contributed by atoms with Gasteiger partial charge in [0.25, 0.3) is 14.4 Å². The number of aliphatic carboxylic acids is 1. The predicted octanol–water partition coefficient (Wildman–Crippen LogP) is 2.38. The molecule has 3 aromatic rings. The fourth-order valence-electron chi connectivity index (χ4n) is 2.92. The number of hydrogen-bond acceptors (Lipinski definition) is 6. The number of H-pyrrole nitrogens is 1. The van der Waals surface area contributed by atoms with E-state index in [0.29, 0.717) is 11.3 Å². The van der Waals surface area contributed by atoms with Crippen molar-refractivity contribution in [2.24, 2.45) is 0 Å². The molecule has 2 aromatic carbocycles. The Kier molecular flexibility index (Phi) is 8.15. The van der Waals surface area contributed by atoms with Gasteiger partial charge in [-0.05, 0) is 11.1 Å². The van der Waals surface area contributed by atoms with Gasteiger partial charge in [0, 0.05) is 11.8 Å². The van der Waals surface area contributed by atoms with Crippen LogP contribution in [0.15, 0.2) is 66.0 Å². The molecule has 0 aliphatic carbocycles. The maximum absolute atomic E-state index is 13.4. The number of aromatic nitrogens is 1. The number of rotatable bonds is 11. The molecule has 3 rings (SSSR count). The first-order valence-corrected chi connectivity index (χ1v) is 11.2. The molecule has 4 N–H and O–H groups in total. The van der Waals surface area contributed by atoms with Crippen LogP contribution in [-0.2, 0) is 38.3 Å². The van der Waals surface area contributed by atoms with Gasteiger partial charge in [0.05, 0.1) is 6.61 Å². The van der Waals surface area contributed by atoms with E-state index in [1.165, 1.54) is 5.38 Å². The minimum Gasteiger partial charge on any atom is -0.481 e. The number of thiazole rings is 1. The first-order chi connectivity index (χ1) is 15.4. The van der Waals surface area contributed by atoms with Gasteiger partial charge in [-0.3, -0.25) is 9.36 Å². The first-order valence-electron chi connectivity index (χ1n) is 9.49. The summed E-state index contributed by atoms with van der Waals surface area (Å²) in [5, 5.41) is 25.2. The molecule has 0 radical (unpaired) electrons. The minimum absolute atomic E-state index is 0.0444. The van der Waals surface area contributed by atoms with Gasteiger partial charge in [-0.25, -0.2) is 9.78 Å². The fraction of sp³-hybridized carbons (Fsp3) is 0.190. The maximum Gasteiger partial charge on any atom is 0.389 e. The lowest BCUT2D eigenvalue weighted by Crippen LogP contribution is -2.56. The van der Waals surface area contributed by atoms with Crippen molar-refractivity contribution in [2.45, 2.75) is 25.2 Å². The monoisotopic (exact) mass is 474 g/mol. The average molecular weight is 474 g/mol. The van der Waals surface area contributed by atoms with E-state index in [1.54, 1.807) is 36.4 Å². The van der Waals surface area contributed by atoms with Crippen LogP contribution in [0.1, 0.15) is 16.8 Å². The second kappa shape index (κ2) is 11.0. The Hall–Kier alpha value is -3.01. The second-order valence-electron chi connectivity index (χ2n) is 6.81. The molecule has 1 unspecified atom stereocenters. The van der Waals surface area contributed by atoms with Gasteiger partial charge in [-0.15, -0.1) is 0 Å². The van der Waals surface area contributed by atoms with Crippen LogP contribution in [0.5, 0.6) is 0 Å². The standard InChI is InChI=1S/C21H20N3O6PS/c25-18(26)11-17-14-32-20(22-17)24(23-31-29)19(27)21(28,12-15-7-3-1-4-8-15)30-13-16-9-5-2-6-10-16/h1-10,14,28H,11-13H2,(H,23,29)(H,25,26)/p+1. The number of nitrogens with zero attached hydrogens (tertiary/aromatic N) is 1. The molecule has 32 heavy (non-hydrogen) atoms. The number of carboxylic acids is 1. The number of benzene rings is 2. The molecule has 11 heteroatoms. The number of aromatic amines is 1. The summed E-state index contributed by atoms with van der Waals surface area (Å²) in [6, 6.07) is 17.9.